The van der Waals surface area contributed by atoms with Crippen LogP contribution in [-0.2, 0) is 17.2 Å². The summed E-state index contributed by atoms with van der Waals surface area (Å²) < 4.78 is 13.9. The molecule has 1 aliphatic carbocycles. The van der Waals surface area contributed by atoms with Crippen molar-refractivity contribution in [2.45, 2.75) is 41.7 Å². The molecule has 3 unspecified atom stereocenters. The van der Waals surface area contributed by atoms with E-state index in [2.05, 4.69) is 36.5 Å². The summed E-state index contributed by atoms with van der Waals surface area (Å²) >= 11 is 1.60. The summed E-state index contributed by atoms with van der Waals surface area (Å²) in [5, 5.41) is 5.82. The molecule has 1 aromatic heterocycles. The van der Waals surface area contributed by atoms with Crippen LogP contribution in [0.2, 0.25) is 0 Å². The molecule has 3 atom stereocenters. The average Bonchev–Trinajstić information content (AvgIpc) is 3.06. The first-order chi connectivity index (χ1) is 10.3. The third-order valence-electron chi connectivity index (χ3n) is 4.04. The maximum Gasteiger partial charge on any atom is 0.0914 e. The molecule has 1 N–H and O–H groups in total. The van der Waals surface area contributed by atoms with Crippen LogP contribution in [0.5, 0.6) is 0 Å². The third kappa shape index (κ3) is 3.12. The monoisotopic (exact) mass is 319 g/mol. The smallest absolute Gasteiger partial charge is 0.0914 e. The zero-order valence-electron chi connectivity index (χ0n) is 12.2. The number of hydrogen-bond donors (Lipinski definition) is 1. The summed E-state index contributed by atoms with van der Waals surface area (Å²) in [6, 6.07) is 12.8. The standard InChI is InChI=1S/C17H21NOS2/c1-2-11-18-17-14-7-4-3-6-13(14)9-10-15(17)21(19)16-8-5-12-20-16/h3-8,12,15,17-18H,2,9-11H2,1H3. The van der Waals surface area contributed by atoms with Crippen LogP contribution in [-0.4, -0.2) is 16.0 Å². The van der Waals surface area contributed by atoms with Gasteiger partial charge in [0.1, 0.15) is 0 Å². The van der Waals surface area contributed by atoms with E-state index in [-0.39, 0.29) is 11.3 Å². The molecule has 0 spiro atoms. The molecule has 0 amide bonds. The van der Waals surface area contributed by atoms with Gasteiger partial charge in [-0.25, -0.2) is 0 Å². The highest BCUT2D eigenvalue weighted by Gasteiger charge is 2.33. The van der Waals surface area contributed by atoms with E-state index < -0.39 is 10.8 Å². The minimum atomic E-state index is -0.924. The fourth-order valence-electron chi connectivity index (χ4n) is 3.03. The molecule has 0 aliphatic heterocycles. The minimum absolute atomic E-state index is 0.171. The lowest BCUT2D eigenvalue weighted by Gasteiger charge is -2.33. The van der Waals surface area contributed by atoms with E-state index >= 15 is 0 Å². The van der Waals surface area contributed by atoms with E-state index in [1.807, 2.05) is 17.5 Å². The van der Waals surface area contributed by atoms with Gasteiger partial charge in [-0.15, -0.1) is 11.3 Å². The largest absolute Gasteiger partial charge is 0.309 e. The number of thiophene rings is 1. The van der Waals surface area contributed by atoms with Crippen molar-refractivity contribution in [1.29, 1.82) is 0 Å². The minimum Gasteiger partial charge on any atom is -0.309 e. The molecule has 1 aromatic carbocycles. The second-order valence-electron chi connectivity index (χ2n) is 5.44. The Morgan fingerprint density at radius 3 is 2.90 bits per heavy atom. The summed E-state index contributed by atoms with van der Waals surface area (Å²) in [4.78, 5) is 0. The quantitative estimate of drug-likeness (QED) is 0.905. The molecule has 2 nitrogen and oxygen atoms in total. The second-order valence-corrected chi connectivity index (χ2v) is 8.28. The van der Waals surface area contributed by atoms with Crippen molar-refractivity contribution in [2.75, 3.05) is 6.54 Å². The maximum absolute atomic E-state index is 12.9. The van der Waals surface area contributed by atoms with Gasteiger partial charge in [-0.05, 0) is 48.4 Å². The Labute approximate surface area is 133 Å². The van der Waals surface area contributed by atoms with Gasteiger partial charge in [-0.2, -0.15) is 0 Å². The number of fused-ring (bicyclic) bond motifs is 1. The lowest BCUT2D eigenvalue weighted by molar-refractivity contribution is 0.463. The highest BCUT2D eigenvalue weighted by Crippen LogP contribution is 2.35. The van der Waals surface area contributed by atoms with Gasteiger partial charge in [0.25, 0.3) is 0 Å². The third-order valence-corrected chi connectivity index (χ3v) is 7.08. The fourth-order valence-corrected chi connectivity index (χ4v) is 5.73. The van der Waals surface area contributed by atoms with Crippen molar-refractivity contribution < 1.29 is 4.21 Å². The average molecular weight is 319 g/mol. The summed E-state index contributed by atoms with van der Waals surface area (Å²) in [6.45, 7) is 3.14. The van der Waals surface area contributed by atoms with Crippen LogP contribution in [0.3, 0.4) is 0 Å². The van der Waals surface area contributed by atoms with E-state index in [1.165, 1.54) is 11.1 Å². The van der Waals surface area contributed by atoms with Crippen LogP contribution >= 0.6 is 11.3 Å². The Morgan fingerprint density at radius 2 is 2.14 bits per heavy atom. The van der Waals surface area contributed by atoms with Crippen molar-refractivity contribution in [3.05, 3.63) is 52.9 Å². The molecule has 0 fully saturated rings. The van der Waals surface area contributed by atoms with Gasteiger partial charge in [0.15, 0.2) is 0 Å². The molecular weight excluding hydrogens is 298 g/mol. The maximum atomic E-state index is 12.9. The highest BCUT2D eigenvalue weighted by atomic mass is 32.2. The summed E-state index contributed by atoms with van der Waals surface area (Å²) in [5.41, 5.74) is 2.75. The zero-order chi connectivity index (χ0) is 14.7. The Balaban J connectivity index is 1.91. The van der Waals surface area contributed by atoms with Crippen LogP contribution < -0.4 is 5.32 Å². The second kappa shape index (κ2) is 6.86. The normalized spacial score (nSPS) is 22.7. The summed E-state index contributed by atoms with van der Waals surface area (Å²) in [7, 11) is -0.924. The van der Waals surface area contributed by atoms with Gasteiger partial charge in [0.05, 0.1) is 20.3 Å². The molecular formula is C17H21NOS2. The molecule has 4 heteroatoms. The SMILES string of the molecule is CCCNC1c2ccccc2CCC1S(=O)c1cccs1. The number of benzene rings is 1. The summed E-state index contributed by atoms with van der Waals surface area (Å²) in [6.07, 6.45) is 3.11. The predicted molar refractivity (Wildman–Crippen MR) is 90.3 cm³/mol. The van der Waals surface area contributed by atoms with Gasteiger partial charge in [-0.1, -0.05) is 37.3 Å². The first-order valence-corrected chi connectivity index (χ1v) is 9.65. The zero-order valence-corrected chi connectivity index (χ0v) is 13.9. The summed E-state index contributed by atoms with van der Waals surface area (Å²) in [5.74, 6) is 0. The molecule has 0 radical (unpaired) electrons. The van der Waals surface area contributed by atoms with E-state index in [1.54, 1.807) is 11.3 Å². The van der Waals surface area contributed by atoms with E-state index in [0.717, 1.165) is 30.0 Å². The van der Waals surface area contributed by atoms with Crippen LogP contribution in [0.1, 0.15) is 36.9 Å². The van der Waals surface area contributed by atoms with Crippen molar-refractivity contribution in [3.63, 3.8) is 0 Å². The first kappa shape index (κ1) is 14.9. The molecule has 21 heavy (non-hydrogen) atoms. The Bertz CT molecular complexity index is 609. The molecule has 0 saturated carbocycles. The molecule has 3 rings (SSSR count). The molecule has 112 valence electrons. The van der Waals surface area contributed by atoms with Crippen molar-refractivity contribution in [3.8, 4) is 0 Å². The number of aryl methyl sites for hydroxylation is 1. The molecule has 1 aliphatic rings. The van der Waals surface area contributed by atoms with Gasteiger partial charge in [0.2, 0.25) is 0 Å². The Kier molecular flexibility index (Phi) is 4.88. The molecule has 0 bridgehead atoms. The fraction of sp³-hybridized carbons (Fsp3) is 0.412. The molecule has 2 aromatic rings. The molecule has 0 saturated heterocycles. The van der Waals surface area contributed by atoms with Crippen molar-refractivity contribution in [2.24, 2.45) is 0 Å². The number of nitrogens with one attached hydrogen (secondary N) is 1. The first-order valence-electron chi connectivity index (χ1n) is 7.56. The van der Waals surface area contributed by atoms with Gasteiger partial charge in [0, 0.05) is 6.04 Å². The van der Waals surface area contributed by atoms with Crippen LogP contribution in [0.4, 0.5) is 0 Å². The van der Waals surface area contributed by atoms with Crippen LogP contribution in [0.15, 0.2) is 46.0 Å². The van der Waals surface area contributed by atoms with Crippen LogP contribution in [0, 0.1) is 0 Å². The lowest BCUT2D eigenvalue weighted by Crippen LogP contribution is -2.38. The topological polar surface area (TPSA) is 29.1 Å². The van der Waals surface area contributed by atoms with Gasteiger partial charge < -0.3 is 5.32 Å². The number of rotatable bonds is 5. The Hall–Kier alpha value is -0.970. The molecule has 1 heterocycles. The van der Waals surface area contributed by atoms with Gasteiger partial charge in [-0.3, -0.25) is 4.21 Å². The predicted octanol–water partition coefficient (Wildman–Crippen LogP) is 3.91. The van der Waals surface area contributed by atoms with E-state index in [4.69, 9.17) is 0 Å². The van der Waals surface area contributed by atoms with E-state index in [9.17, 15) is 4.21 Å². The number of hydrogen-bond acceptors (Lipinski definition) is 3. The van der Waals surface area contributed by atoms with Crippen LogP contribution in [0.25, 0.3) is 0 Å². The van der Waals surface area contributed by atoms with E-state index in [0.29, 0.717) is 0 Å². The lowest BCUT2D eigenvalue weighted by atomic mass is 9.87. The van der Waals surface area contributed by atoms with Gasteiger partial charge >= 0.3 is 0 Å². The van der Waals surface area contributed by atoms with Crippen molar-refractivity contribution >= 4 is 22.1 Å². The van der Waals surface area contributed by atoms with Crippen molar-refractivity contribution in [1.82, 2.24) is 5.32 Å². The highest BCUT2D eigenvalue weighted by molar-refractivity contribution is 7.88. The Morgan fingerprint density at radius 1 is 1.29 bits per heavy atom.